The van der Waals surface area contributed by atoms with Crippen molar-refractivity contribution >= 4 is 17.7 Å². The van der Waals surface area contributed by atoms with Crippen molar-refractivity contribution in [3.8, 4) is 0 Å². The van der Waals surface area contributed by atoms with E-state index in [1.807, 2.05) is 6.26 Å². The molecular weight excluding hydrogens is 300 g/mol. The van der Waals surface area contributed by atoms with E-state index in [1.165, 1.54) is 24.6 Å². The Kier molecular flexibility index (Phi) is 6.49. The van der Waals surface area contributed by atoms with Crippen LogP contribution in [0.3, 0.4) is 0 Å². The van der Waals surface area contributed by atoms with Gasteiger partial charge in [-0.05, 0) is 45.3 Å². The van der Waals surface area contributed by atoms with E-state index in [4.69, 9.17) is 4.74 Å². The predicted molar refractivity (Wildman–Crippen MR) is 87.3 cm³/mol. The summed E-state index contributed by atoms with van der Waals surface area (Å²) in [6, 6.07) is 0. The zero-order valence-electron chi connectivity index (χ0n) is 13.3. The fraction of sp³-hybridized carbons (Fsp3) is 0.688. The topological polar surface area (TPSA) is 72.0 Å². The van der Waals surface area contributed by atoms with Gasteiger partial charge in [-0.15, -0.1) is 0 Å². The summed E-state index contributed by atoms with van der Waals surface area (Å²) in [5.41, 5.74) is 1.12. The highest BCUT2D eigenvalue weighted by atomic mass is 32.2. The zero-order valence-corrected chi connectivity index (χ0v) is 14.1. The fourth-order valence-electron chi connectivity index (χ4n) is 2.81. The molecule has 1 fully saturated rings. The average molecular weight is 324 g/mol. The molecule has 1 saturated carbocycles. The first-order valence-electron chi connectivity index (χ1n) is 7.93. The molecule has 0 atom stereocenters. The number of carbonyl (C=O) groups excluding carboxylic acids is 1. The number of nitrogens with zero attached hydrogens (tertiary/aromatic N) is 1. The lowest BCUT2D eigenvalue weighted by Crippen LogP contribution is -2.21. The summed E-state index contributed by atoms with van der Waals surface area (Å²) in [7, 11) is 0. The Hall–Kier alpha value is -1.30. The van der Waals surface area contributed by atoms with Crippen LogP contribution in [-0.2, 0) is 16.0 Å². The third-order valence-corrected chi connectivity index (χ3v) is 4.65. The van der Waals surface area contributed by atoms with Gasteiger partial charge in [0.1, 0.15) is 6.10 Å². The van der Waals surface area contributed by atoms with E-state index in [2.05, 4.69) is 9.97 Å². The summed E-state index contributed by atoms with van der Waals surface area (Å²) in [5, 5.41) is 0.604. The number of rotatable bonds is 5. The first kappa shape index (κ1) is 17.1. The molecular formula is C16H24N2O3S. The van der Waals surface area contributed by atoms with Crippen molar-refractivity contribution in [2.75, 3.05) is 6.26 Å². The monoisotopic (exact) mass is 324 g/mol. The lowest BCUT2D eigenvalue weighted by Gasteiger charge is -2.15. The molecule has 1 aromatic heterocycles. The van der Waals surface area contributed by atoms with Crippen molar-refractivity contribution in [3.05, 3.63) is 21.6 Å². The van der Waals surface area contributed by atoms with Crippen LogP contribution < -0.4 is 5.56 Å². The molecule has 5 nitrogen and oxygen atoms in total. The largest absolute Gasteiger partial charge is 0.462 e. The molecule has 1 aliphatic carbocycles. The van der Waals surface area contributed by atoms with Crippen molar-refractivity contribution in [1.29, 1.82) is 0 Å². The van der Waals surface area contributed by atoms with Gasteiger partial charge in [0.25, 0.3) is 5.56 Å². The van der Waals surface area contributed by atoms with Gasteiger partial charge >= 0.3 is 5.97 Å². The third kappa shape index (κ3) is 4.87. The van der Waals surface area contributed by atoms with Crippen LogP contribution in [0.25, 0.3) is 0 Å². The molecule has 2 rings (SSSR count). The number of esters is 1. The van der Waals surface area contributed by atoms with Gasteiger partial charge in [0.15, 0.2) is 5.16 Å². The number of aromatic nitrogens is 2. The zero-order chi connectivity index (χ0) is 15.9. The number of aromatic amines is 1. The van der Waals surface area contributed by atoms with E-state index >= 15 is 0 Å². The van der Waals surface area contributed by atoms with Gasteiger partial charge in [0.05, 0.1) is 0 Å². The van der Waals surface area contributed by atoms with Gasteiger partial charge in [0.2, 0.25) is 0 Å². The maximum Gasteiger partial charge on any atom is 0.306 e. The van der Waals surface area contributed by atoms with E-state index in [0.717, 1.165) is 25.7 Å². The third-order valence-electron chi connectivity index (χ3n) is 4.07. The second kappa shape index (κ2) is 8.36. The van der Waals surface area contributed by atoms with E-state index < -0.39 is 0 Å². The minimum atomic E-state index is -0.209. The highest BCUT2D eigenvalue weighted by molar-refractivity contribution is 7.98. The molecule has 0 radical (unpaired) electrons. The second-order valence-corrected chi connectivity index (χ2v) is 6.54. The van der Waals surface area contributed by atoms with E-state index in [-0.39, 0.29) is 24.1 Å². The summed E-state index contributed by atoms with van der Waals surface area (Å²) >= 11 is 1.40. The lowest BCUT2D eigenvalue weighted by molar-refractivity contribution is -0.149. The molecule has 0 aliphatic heterocycles. The van der Waals surface area contributed by atoms with Crippen molar-refractivity contribution in [2.24, 2.45) is 0 Å². The van der Waals surface area contributed by atoms with Gasteiger partial charge in [-0.25, -0.2) is 4.98 Å². The number of aryl methyl sites for hydroxylation is 1. The minimum absolute atomic E-state index is 0.0615. The molecule has 1 aliphatic rings. The fourth-order valence-corrected chi connectivity index (χ4v) is 3.23. The van der Waals surface area contributed by atoms with Crippen molar-refractivity contribution in [2.45, 2.75) is 69.6 Å². The maximum atomic E-state index is 12.0. The molecule has 1 N–H and O–H groups in total. The molecule has 0 bridgehead atoms. The standard InChI is InChI=1S/C16H24N2O3S/c1-11-13(15(20)18-16(17-11)22-2)9-10-14(19)21-12-7-5-3-4-6-8-12/h12H,3-10H2,1-2H3,(H,17,18,20). The Balaban J connectivity index is 1.89. The molecule has 0 aromatic carbocycles. The van der Waals surface area contributed by atoms with E-state index in [0.29, 0.717) is 22.8 Å². The Labute approximate surface area is 135 Å². The Morgan fingerprint density at radius 1 is 1.32 bits per heavy atom. The molecule has 0 unspecified atom stereocenters. The SMILES string of the molecule is CSc1nc(C)c(CCC(=O)OC2CCCCCC2)c(=O)[nH]1. The van der Waals surface area contributed by atoms with Crippen LogP contribution in [-0.4, -0.2) is 28.3 Å². The van der Waals surface area contributed by atoms with Crippen LogP contribution in [0.2, 0.25) is 0 Å². The summed E-state index contributed by atoms with van der Waals surface area (Å²) in [6.45, 7) is 1.81. The van der Waals surface area contributed by atoms with Crippen molar-refractivity contribution in [1.82, 2.24) is 9.97 Å². The van der Waals surface area contributed by atoms with Gasteiger partial charge in [-0.1, -0.05) is 24.6 Å². The first-order chi connectivity index (χ1) is 10.6. The van der Waals surface area contributed by atoms with Crippen LogP contribution in [0, 0.1) is 6.92 Å². The van der Waals surface area contributed by atoms with E-state index in [1.54, 1.807) is 6.92 Å². The molecule has 122 valence electrons. The molecule has 6 heteroatoms. The summed E-state index contributed by atoms with van der Waals surface area (Å²) < 4.78 is 5.54. The normalized spacial score (nSPS) is 16.3. The number of hydrogen-bond acceptors (Lipinski definition) is 5. The average Bonchev–Trinajstić information content (AvgIpc) is 2.74. The maximum absolute atomic E-state index is 12.0. The number of thioether (sulfide) groups is 1. The van der Waals surface area contributed by atoms with Crippen LogP contribution in [0.1, 0.15) is 56.2 Å². The molecule has 0 spiro atoms. The van der Waals surface area contributed by atoms with Gasteiger partial charge < -0.3 is 9.72 Å². The smallest absolute Gasteiger partial charge is 0.306 e. The summed E-state index contributed by atoms with van der Waals surface area (Å²) in [5.74, 6) is -0.209. The Morgan fingerprint density at radius 2 is 2.00 bits per heavy atom. The number of hydrogen-bond donors (Lipinski definition) is 1. The number of H-pyrrole nitrogens is 1. The van der Waals surface area contributed by atoms with Gasteiger partial charge in [0, 0.05) is 17.7 Å². The molecule has 0 amide bonds. The number of nitrogens with one attached hydrogen (secondary N) is 1. The van der Waals surface area contributed by atoms with Crippen LogP contribution in [0.4, 0.5) is 0 Å². The van der Waals surface area contributed by atoms with Gasteiger partial charge in [-0.3, -0.25) is 9.59 Å². The quantitative estimate of drug-likeness (QED) is 0.390. The van der Waals surface area contributed by atoms with E-state index in [9.17, 15) is 9.59 Å². The highest BCUT2D eigenvalue weighted by Crippen LogP contribution is 2.20. The minimum Gasteiger partial charge on any atom is -0.462 e. The molecule has 1 heterocycles. The van der Waals surface area contributed by atoms with Gasteiger partial charge in [-0.2, -0.15) is 0 Å². The predicted octanol–water partition coefficient (Wildman–Crippen LogP) is 3.00. The summed E-state index contributed by atoms with van der Waals surface area (Å²) in [4.78, 5) is 31.0. The first-order valence-corrected chi connectivity index (χ1v) is 9.16. The highest BCUT2D eigenvalue weighted by Gasteiger charge is 2.17. The summed E-state index contributed by atoms with van der Waals surface area (Å²) in [6.07, 6.45) is 9.22. The van der Waals surface area contributed by atoms with Crippen LogP contribution in [0.5, 0.6) is 0 Å². The Bertz CT molecular complexity index is 563. The molecule has 22 heavy (non-hydrogen) atoms. The number of carbonyl (C=O) groups is 1. The van der Waals surface area contributed by atoms with Crippen LogP contribution >= 0.6 is 11.8 Å². The lowest BCUT2D eigenvalue weighted by atomic mass is 10.1. The van der Waals surface area contributed by atoms with Crippen LogP contribution in [0.15, 0.2) is 9.95 Å². The molecule has 0 saturated heterocycles. The van der Waals surface area contributed by atoms with Crippen molar-refractivity contribution < 1.29 is 9.53 Å². The molecule has 1 aromatic rings. The van der Waals surface area contributed by atoms with Crippen molar-refractivity contribution in [3.63, 3.8) is 0 Å². The second-order valence-electron chi connectivity index (χ2n) is 5.74. The Morgan fingerprint density at radius 3 is 2.59 bits per heavy atom. The number of ether oxygens (including phenoxy) is 1.